The third kappa shape index (κ3) is 2.94. The van der Waals surface area contributed by atoms with Crippen molar-refractivity contribution in [2.24, 2.45) is 0 Å². The molecule has 0 fully saturated rings. The smallest absolute Gasteiger partial charge is 0.281 e. The predicted molar refractivity (Wildman–Crippen MR) is 105 cm³/mol. The molecule has 0 atom stereocenters. The van der Waals surface area contributed by atoms with Crippen molar-refractivity contribution >= 4 is 79.2 Å². The van der Waals surface area contributed by atoms with Gasteiger partial charge in [0.25, 0.3) is 11.8 Å². The molecule has 24 heavy (non-hydrogen) atoms. The van der Waals surface area contributed by atoms with Gasteiger partial charge in [-0.15, -0.1) is 11.3 Å². The number of hydrogen-bond donors (Lipinski definition) is 0. The molecule has 0 N–H and O–H groups in total. The van der Waals surface area contributed by atoms with E-state index in [1.165, 1.54) is 20.9 Å². The first-order chi connectivity index (χ1) is 11.3. The first-order valence-corrected chi connectivity index (χ1v) is 9.34. The van der Waals surface area contributed by atoms with E-state index in [1.54, 1.807) is 38.4 Å². The van der Waals surface area contributed by atoms with Crippen molar-refractivity contribution in [2.45, 2.75) is 0 Å². The van der Waals surface area contributed by atoms with Crippen molar-refractivity contribution < 1.29 is 9.59 Å². The topological polar surface area (TPSA) is 55.2 Å². The monoisotopic (exact) mass is 493 g/mol. The van der Waals surface area contributed by atoms with Crippen LogP contribution in [0.1, 0.15) is 20.0 Å². The fourth-order valence-electron chi connectivity index (χ4n) is 2.16. The average molecular weight is 494 g/mol. The van der Waals surface area contributed by atoms with Gasteiger partial charge in [-0.25, -0.2) is 0 Å². The molecule has 2 aromatic heterocycles. The zero-order valence-electron chi connectivity index (χ0n) is 12.5. The van der Waals surface area contributed by atoms with Crippen molar-refractivity contribution in [3.63, 3.8) is 0 Å². The van der Waals surface area contributed by atoms with Gasteiger partial charge in [-0.3, -0.25) is 9.59 Å². The van der Waals surface area contributed by atoms with Crippen LogP contribution >= 0.6 is 57.1 Å². The molecule has 0 aliphatic heterocycles. The van der Waals surface area contributed by atoms with Gasteiger partial charge < -0.3 is 4.90 Å². The molecule has 0 aliphatic rings. The minimum atomic E-state index is -0.430. The summed E-state index contributed by atoms with van der Waals surface area (Å²) in [4.78, 5) is 27.1. The van der Waals surface area contributed by atoms with Crippen molar-refractivity contribution in [1.82, 2.24) is 14.7 Å². The predicted octanol–water partition coefficient (Wildman–Crippen LogP) is 4.40. The molecule has 0 unspecified atom stereocenters. The van der Waals surface area contributed by atoms with E-state index in [0.717, 1.165) is 4.70 Å². The van der Waals surface area contributed by atoms with Crippen LogP contribution < -0.4 is 0 Å². The number of rotatable bonds is 2. The van der Waals surface area contributed by atoms with Gasteiger partial charge in [0.15, 0.2) is 0 Å². The molecular weight excluding hydrogens is 484 g/mol. The lowest BCUT2D eigenvalue weighted by molar-refractivity contribution is 0.0831. The van der Waals surface area contributed by atoms with E-state index in [4.69, 9.17) is 23.2 Å². The second-order valence-electron chi connectivity index (χ2n) is 5.13. The maximum atomic E-state index is 12.9. The van der Waals surface area contributed by atoms with E-state index in [-0.39, 0.29) is 21.5 Å². The molecule has 0 saturated heterocycles. The second-order valence-corrected chi connectivity index (χ2v) is 8.02. The van der Waals surface area contributed by atoms with E-state index in [2.05, 4.69) is 5.10 Å². The summed E-state index contributed by atoms with van der Waals surface area (Å²) in [6.45, 7) is 0. The normalized spacial score (nSPS) is 11.0. The molecule has 2 heterocycles. The molecule has 124 valence electrons. The summed E-state index contributed by atoms with van der Waals surface area (Å²) < 4.78 is 2.66. The lowest BCUT2D eigenvalue weighted by Gasteiger charge is -2.07. The number of nitrogens with zero attached hydrogens (tertiary/aromatic N) is 3. The van der Waals surface area contributed by atoms with Crippen LogP contribution in [0.3, 0.4) is 0 Å². The Bertz CT molecular complexity index is 960. The molecule has 9 heteroatoms. The van der Waals surface area contributed by atoms with Crippen molar-refractivity contribution in [1.29, 1.82) is 0 Å². The number of carbonyl (C=O) groups excluding carboxylic acids is 2. The van der Waals surface area contributed by atoms with Crippen LogP contribution in [0.4, 0.5) is 0 Å². The van der Waals surface area contributed by atoms with Crippen molar-refractivity contribution in [2.75, 3.05) is 14.1 Å². The van der Waals surface area contributed by atoms with Gasteiger partial charge in [0.05, 0.1) is 30.7 Å². The highest BCUT2D eigenvalue weighted by molar-refractivity contribution is 14.1. The fraction of sp³-hybridized carbons (Fsp3) is 0.133. The number of benzene rings is 1. The van der Waals surface area contributed by atoms with Crippen LogP contribution in [0.2, 0.25) is 10.0 Å². The zero-order valence-corrected chi connectivity index (χ0v) is 17.0. The van der Waals surface area contributed by atoms with Crippen LogP contribution in [0.25, 0.3) is 10.2 Å². The van der Waals surface area contributed by atoms with E-state index in [0.29, 0.717) is 14.1 Å². The van der Waals surface area contributed by atoms with E-state index in [9.17, 15) is 9.59 Å². The first kappa shape index (κ1) is 17.7. The van der Waals surface area contributed by atoms with Gasteiger partial charge in [-0.05, 0) is 40.8 Å². The summed E-state index contributed by atoms with van der Waals surface area (Å²) in [5.74, 6) is -0.554. The van der Waals surface area contributed by atoms with Crippen LogP contribution in [0.5, 0.6) is 0 Å². The van der Waals surface area contributed by atoms with Gasteiger partial charge in [0.2, 0.25) is 0 Å². The maximum Gasteiger partial charge on any atom is 0.281 e. The van der Waals surface area contributed by atoms with Gasteiger partial charge in [-0.2, -0.15) is 9.78 Å². The molecule has 3 rings (SSSR count). The third-order valence-electron chi connectivity index (χ3n) is 3.30. The Labute approximate surface area is 165 Å². The quantitative estimate of drug-likeness (QED) is 0.497. The number of hydrogen-bond acceptors (Lipinski definition) is 4. The lowest BCUT2D eigenvalue weighted by Crippen LogP contribution is -2.20. The Morgan fingerprint density at radius 2 is 1.88 bits per heavy atom. The number of fused-ring (bicyclic) bond motifs is 1. The van der Waals surface area contributed by atoms with Crippen molar-refractivity contribution in [3.8, 4) is 0 Å². The van der Waals surface area contributed by atoms with Crippen LogP contribution in [-0.2, 0) is 0 Å². The Hall–Kier alpha value is -1.16. The van der Waals surface area contributed by atoms with Gasteiger partial charge >= 0.3 is 0 Å². The number of carbonyl (C=O) groups is 2. The van der Waals surface area contributed by atoms with Gasteiger partial charge in [-0.1, -0.05) is 29.3 Å². The largest absolute Gasteiger partial charge is 0.344 e. The number of amides is 1. The third-order valence-corrected chi connectivity index (χ3v) is 6.17. The molecule has 3 aromatic rings. The highest BCUT2D eigenvalue weighted by atomic mass is 127. The van der Waals surface area contributed by atoms with E-state index in [1.807, 2.05) is 22.6 Å². The van der Waals surface area contributed by atoms with Crippen LogP contribution in [-0.4, -0.2) is 40.6 Å². The summed E-state index contributed by atoms with van der Waals surface area (Å²) in [5, 5.41) is 4.79. The molecule has 1 aromatic carbocycles. The molecule has 0 spiro atoms. The highest BCUT2D eigenvalue weighted by Crippen LogP contribution is 2.32. The van der Waals surface area contributed by atoms with Crippen LogP contribution in [0.15, 0.2) is 24.3 Å². The lowest BCUT2D eigenvalue weighted by atomic mass is 10.2. The average Bonchev–Trinajstić information content (AvgIpc) is 3.07. The molecule has 1 amide bonds. The maximum absolute atomic E-state index is 12.9. The Morgan fingerprint density at radius 1 is 1.25 bits per heavy atom. The molecule has 0 radical (unpaired) electrons. The number of halogens is 3. The molecule has 0 aliphatic carbocycles. The Balaban J connectivity index is 2.16. The summed E-state index contributed by atoms with van der Waals surface area (Å²) in [7, 11) is 3.36. The molecule has 5 nitrogen and oxygen atoms in total. The van der Waals surface area contributed by atoms with Crippen LogP contribution in [0, 0.1) is 3.70 Å². The minimum absolute atomic E-state index is 0.123. The SMILES string of the molecule is CN(C)C(=O)c1cc2c(s1)c(I)nn2C(=O)c1c(Cl)cccc1Cl. The molecule has 0 saturated carbocycles. The summed E-state index contributed by atoms with van der Waals surface area (Å²) in [6.07, 6.45) is 0. The standard InChI is InChI=1S/C15H10Cl2IN3O2S/c1-20(2)14(22)10-6-9-12(24-10)13(18)19-21(9)15(23)11-7(16)4-3-5-8(11)17/h3-6H,1-2H3. The summed E-state index contributed by atoms with van der Waals surface area (Å²) >= 11 is 15.6. The number of aromatic nitrogens is 2. The Morgan fingerprint density at radius 3 is 2.46 bits per heavy atom. The first-order valence-electron chi connectivity index (χ1n) is 6.69. The molecule has 0 bridgehead atoms. The second kappa shape index (κ2) is 6.62. The highest BCUT2D eigenvalue weighted by Gasteiger charge is 2.24. The summed E-state index contributed by atoms with van der Waals surface area (Å²) in [6, 6.07) is 6.53. The van der Waals surface area contributed by atoms with E-state index >= 15 is 0 Å². The van der Waals surface area contributed by atoms with Gasteiger partial charge in [0.1, 0.15) is 3.70 Å². The minimum Gasteiger partial charge on any atom is -0.344 e. The fourth-order valence-corrected chi connectivity index (χ4v) is 4.58. The zero-order chi connectivity index (χ0) is 17.6. The van der Waals surface area contributed by atoms with Crippen molar-refractivity contribution in [3.05, 3.63) is 48.5 Å². The Kier molecular flexibility index (Phi) is 4.87. The number of thiophene rings is 1. The van der Waals surface area contributed by atoms with Gasteiger partial charge in [0, 0.05) is 14.1 Å². The summed E-state index contributed by atoms with van der Waals surface area (Å²) in [5.41, 5.74) is 0.754. The molecular formula is C15H10Cl2IN3O2S. The van der Waals surface area contributed by atoms with E-state index < -0.39 is 5.91 Å².